The van der Waals surface area contributed by atoms with Crippen LogP contribution in [-0.2, 0) is 6.18 Å². The van der Waals surface area contributed by atoms with E-state index in [2.05, 4.69) is 20.9 Å². The molecule has 3 nitrogen and oxygen atoms in total. The molecule has 2 aromatic carbocycles. The van der Waals surface area contributed by atoms with Gasteiger partial charge < -0.3 is 4.90 Å². The number of amidine groups is 1. The van der Waals surface area contributed by atoms with Crippen molar-refractivity contribution in [3.8, 4) is 0 Å². The summed E-state index contributed by atoms with van der Waals surface area (Å²) >= 11 is 3.33. The fraction of sp³-hybridized carbons (Fsp3) is 0.333. The Kier molecular flexibility index (Phi) is 8.46. The van der Waals surface area contributed by atoms with Gasteiger partial charge in [-0.15, -0.1) is 17.0 Å². The van der Waals surface area contributed by atoms with Gasteiger partial charge in [0.25, 0.3) is 0 Å². The van der Waals surface area contributed by atoms with Gasteiger partial charge in [0.15, 0.2) is 5.78 Å². The number of Topliss-reactive ketones (excluding diaryl/α,β-unsaturated/α-hetero) is 1. The highest BCUT2D eigenvalue weighted by Gasteiger charge is 2.31. The number of anilines is 1. The molecule has 0 aromatic heterocycles. The average molecular weight is 534 g/mol. The summed E-state index contributed by atoms with van der Waals surface area (Å²) in [4.78, 5) is 19.0. The quantitative estimate of drug-likeness (QED) is 0.409. The zero-order chi connectivity index (χ0) is 20.1. The zero-order valence-electron chi connectivity index (χ0n) is 15.6. The summed E-state index contributed by atoms with van der Waals surface area (Å²) in [6.07, 6.45) is -0.933. The second kappa shape index (κ2) is 10.4. The largest absolute Gasteiger partial charge is 0.416 e. The molecule has 0 unspecified atom stereocenters. The summed E-state index contributed by atoms with van der Waals surface area (Å²) in [7, 11) is 0. The van der Waals surface area contributed by atoms with Crippen LogP contribution in [-0.4, -0.2) is 24.7 Å². The summed E-state index contributed by atoms with van der Waals surface area (Å²) in [5, 5.41) is 0. The summed E-state index contributed by atoms with van der Waals surface area (Å²) < 4.78 is 40.4. The summed E-state index contributed by atoms with van der Waals surface area (Å²) in [5.41, 5.74) is 0.107. The highest BCUT2D eigenvalue weighted by Crippen LogP contribution is 2.32. The van der Waals surface area contributed by atoms with Crippen LogP contribution < -0.4 is 4.90 Å². The van der Waals surface area contributed by atoms with Gasteiger partial charge in [-0.1, -0.05) is 40.5 Å². The van der Waals surface area contributed by atoms with Crippen LogP contribution in [0.1, 0.15) is 41.6 Å². The number of ketones is 1. The lowest BCUT2D eigenvalue weighted by Crippen LogP contribution is -2.36. The standard InChI is InChI=1S/C21H20BrF3N2O.BrH/c22-17-10-8-15(9-11-17)19(28)14-27(20-7-2-1-3-12-26-20)18-6-4-5-16(13-18)21(23,24)25;/h4-6,8-11,13H,1-3,7,12,14H2;1H. The van der Waals surface area contributed by atoms with E-state index < -0.39 is 11.7 Å². The molecule has 1 aliphatic rings. The molecule has 1 aliphatic heterocycles. The number of benzene rings is 2. The van der Waals surface area contributed by atoms with Gasteiger partial charge in [-0.3, -0.25) is 9.79 Å². The Labute approximate surface area is 186 Å². The maximum absolute atomic E-state index is 13.2. The van der Waals surface area contributed by atoms with Crippen LogP contribution in [0.25, 0.3) is 0 Å². The molecule has 3 rings (SSSR count). The molecule has 156 valence electrons. The number of carbonyl (C=O) groups is 1. The molecular weight excluding hydrogens is 513 g/mol. The van der Waals surface area contributed by atoms with E-state index in [4.69, 9.17) is 0 Å². The minimum Gasteiger partial charge on any atom is -0.322 e. The topological polar surface area (TPSA) is 32.7 Å². The lowest BCUT2D eigenvalue weighted by Gasteiger charge is -2.26. The first-order valence-electron chi connectivity index (χ1n) is 9.11. The lowest BCUT2D eigenvalue weighted by molar-refractivity contribution is -0.137. The van der Waals surface area contributed by atoms with E-state index in [1.807, 2.05) is 0 Å². The fourth-order valence-corrected chi connectivity index (χ4v) is 3.40. The summed E-state index contributed by atoms with van der Waals surface area (Å²) in [5.74, 6) is 0.499. The van der Waals surface area contributed by atoms with Crippen molar-refractivity contribution < 1.29 is 18.0 Å². The number of halogens is 5. The average Bonchev–Trinajstić information content (AvgIpc) is 2.95. The van der Waals surface area contributed by atoms with Gasteiger partial charge in [0.1, 0.15) is 5.84 Å². The molecule has 0 aliphatic carbocycles. The number of hydrogen-bond acceptors (Lipinski definition) is 3. The predicted molar refractivity (Wildman–Crippen MR) is 118 cm³/mol. The van der Waals surface area contributed by atoms with Crippen molar-refractivity contribution in [2.24, 2.45) is 4.99 Å². The van der Waals surface area contributed by atoms with Crippen LogP contribution in [0.3, 0.4) is 0 Å². The van der Waals surface area contributed by atoms with E-state index in [0.717, 1.165) is 35.9 Å². The number of carbonyl (C=O) groups excluding carboxylic acids is 1. The van der Waals surface area contributed by atoms with Crippen molar-refractivity contribution in [2.75, 3.05) is 18.0 Å². The van der Waals surface area contributed by atoms with Crippen molar-refractivity contribution >= 4 is 50.2 Å². The number of nitrogens with zero attached hydrogens (tertiary/aromatic N) is 2. The van der Waals surface area contributed by atoms with Crippen LogP contribution >= 0.6 is 32.9 Å². The van der Waals surface area contributed by atoms with E-state index in [1.54, 1.807) is 35.2 Å². The monoisotopic (exact) mass is 532 g/mol. The highest BCUT2D eigenvalue weighted by molar-refractivity contribution is 9.10. The fourth-order valence-electron chi connectivity index (χ4n) is 3.13. The number of alkyl halides is 3. The molecule has 0 spiro atoms. The van der Waals surface area contributed by atoms with Crippen molar-refractivity contribution in [3.05, 3.63) is 64.1 Å². The van der Waals surface area contributed by atoms with E-state index in [0.29, 0.717) is 30.1 Å². The molecule has 0 atom stereocenters. The molecule has 0 saturated carbocycles. The van der Waals surface area contributed by atoms with E-state index in [-0.39, 0.29) is 29.3 Å². The zero-order valence-corrected chi connectivity index (χ0v) is 18.9. The van der Waals surface area contributed by atoms with Crippen LogP contribution in [0.2, 0.25) is 0 Å². The summed E-state index contributed by atoms with van der Waals surface area (Å²) in [6, 6.07) is 12.0. The Bertz CT molecular complexity index is 867. The molecule has 1 heterocycles. The van der Waals surface area contributed by atoms with E-state index >= 15 is 0 Å². The Hall–Kier alpha value is -1.67. The molecule has 29 heavy (non-hydrogen) atoms. The first-order chi connectivity index (χ1) is 13.3. The van der Waals surface area contributed by atoms with Gasteiger partial charge in [0.2, 0.25) is 0 Å². The van der Waals surface area contributed by atoms with Gasteiger partial charge in [-0.25, -0.2) is 0 Å². The molecular formula is C21H21Br2F3N2O. The third-order valence-corrected chi connectivity index (χ3v) is 5.15. The molecule has 0 N–H and O–H groups in total. The Balaban J connectivity index is 0.00000300. The highest BCUT2D eigenvalue weighted by atomic mass is 79.9. The van der Waals surface area contributed by atoms with Crippen LogP contribution in [0.5, 0.6) is 0 Å². The van der Waals surface area contributed by atoms with Gasteiger partial charge in [0, 0.05) is 28.7 Å². The Morgan fingerprint density at radius 2 is 1.79 bits per heavy atom. The predicted octanol–water partition coefficient (Wildman–Crippen LogP) is 6.71. The summed E-state index contributed by atoms with van der Waals surface area (Å²) in [6.45, 7) is 0.568. The van der Waals surface area contributed by atoms with Crippen molar-refractivity contribution in [2.45, 2.75) is 31.9 Å². The van der Waals surface area contributed by atoms with Gasteiger partial charge in [-0.2, -0.15) is 13.2 Å². The van der Waals surface area contributed by atoms with E-state index in [9.17, 15) is 18.0 Å². The van der Waals surface area contributed by atoms with Crippen molar-refractivity contribution in [1.82, 2.24) is 0 Å². The maximum Gasteiger partial charge on any atom is 0.416 e. The number of aliphatic imine (C=N–C) groups is 1. The van der Waals surface area contributed by atoms with Gasteiger partial charge >= 0.3 is 6.18 Å². The maximum atomic E-state index is 13.2. The molecule has 8 heteroatoms. The lowest BCUT2D eigenvalue weighted by atomic mass is 10.1. The molecule has 2 aromatic rings. The number of rotatable bonds is 4. The molecule has 0 radical (unpaired) electrons. The van der Waals surface area contributed by atoms with Crippen LogP contribution in [0.4, 0.5) is 18.9 Å². The van der Waals surface area contributed by atoms with Gasteiger partial charge in [0.05, 0.1) is 12.1 Å². The molecule has 0 saturated heterocycles. The molecule has 0 fully saturated rings. The Morgan fingerprint density at radius 1 is 1.07 bits per heavy atom. The first kappa shape index (κ1) is 23.6. The first-order valence-corrected chi connectivity index (χ1v) is 9.91. The third-order valence-electron chi connectivity index (χ3n) is 4.62. The second-order valence-corrected chi connectivity index (χ2v) is 7.59. The van der Waals surface area contributed by atoms with Crippen molar-refractivity contribution in [3.63, 3.8) is 0 Å². The number of hydrogen-bond donors (Lipinski definition) is 0. The third kappa shape index (κ3) is 6.40. The minimum absolute atomic E-state index is 0. The molecule has 0 amide bonds. The Morgan fingerprint density at radius 3 is 2.48 bits per heavy atom. The minimum atomic E-state index is -4.44. The van der Waals surface area contributed by atoms with E-state index in [1.165, 1.54) is 6.07 Å². The normalized spacial score (nSPS) is 14.4. The van der Waals surface area contributed by atoms with Crippen LogP contribution in [0, 0.1) is 0 Å². The smallest absolute Gasteiger partial charge is 0.322 e. The second-order valence-electron chi connectivity index (χ2n) is 6.67. The SMILES string of the molecule is Br.O=C(CN(C1=NCCCCC1)c1cccc(C(F)(F)F)c1)c1ccc(Br)cc1. The van der Waals surface area contributed by atoms with Crippen LogP contribution in [0.15, 0.2) is 58.0 Å². The van der Waals surface area contributed by atoms with Gasteiger partial charge in [-0.05, 0) is 43.2 Å². The molecule has 0 bridgehead atoms. The van der Waals surface area contributed by atoms with Crippen molar-refractivity contribution in [1.29, 1.82) is 0 Å².